The minimum Gasteiger partial charge on any atom is -0.383 e. The van der Waals surface area contributed by atoms with E-state index in [1.807, 2.05) is 49.4 Å². The van der Waals surface area contributed by atoms with Crippen molar-refractivity contribution < 1.29 is 5.11 Å². The molecule has 0 saturated heterocycles. The third kappa shape index (κ3) is 6.91. The van der Waals surface area contributed by atoms with Crippen molar-refractivity contribution in [3.8, 4) is 0 Å². The molecule has 0 aliphatic heterocycles. The highest BCUT2D eigenvalue weighted by molar-refractivity contribution is 14.0. The summed E-state index contributed by atoms with van der Waals surface area (Å²) in [7, 11) is 0. The van der Waals surface area contributed by atoms with Crippen molar-refractivity contribution in [1.82, 2.24) is 10.3 Å². The Morgan fingerprint density at radius 2 is 2.00 bits per heavy atom. The van der Waals surface area contributed by atoms with Gasteiger partial charge in [0, 0.05) is 29.3 Å². The average Bonchev–Trinajstić information content (AvgIpc) is 2.61. The van der Waals surface area contributed by atoms with Crippen molar-refractivity contribution in [3.05, 3.63) is 64.4 Å². The predicted molar refractivity (Wildman–Crippen MR) is 116 cm³/mol. The van der Waals surface area contributed by atoms with Gasteiger partial charge in [-0.3, -0.25) is 9.98 Å². The molecule has 4 N–H and O–H groups in total. The summed E-state index contributed by atoms with van der Waals surface area (Å²) in [5, 5.41) is 13.9. The van der Waals surface area contributed by atoms with Crippen LogP contribution in [0.15, 0.2) is 58.1 Å². The molecule has 0 amide bonds. The number of benzene rings is 1. The molecule has 1 aromatic heterocycles. The van der Waals surface area contributed by atoms with Gasteiger partial charge in [-0.2, -0.15) is 0 Å². The van der Waals surface area contributed by atoms with Gasteiger partial charge in [-0.05, 0) is 36.2 Å². The van der Waals surface area contributed by atoms with Crippen molar-refractivity contribution in [2.45, 2.75) is 25.4 Å². The number of hydrogen-bond acceptors (Lipinski definition) is 3. The number of guanidine groups is 1. The van der Waals surface area contributed by atoms with Gasteiger partial charge in [0.1, 0.15) is 5.60 Å². The molecule has 0 radical (unpaired) electrons. The van der Waals surface area contributed by atoms with E-state index in [1.54, 1.807) is 6.20 Å². The van der Waals surface area contributed by atoms with Crippen molar-refractivity contribution in [2.24, 2.45) is 10.7 Å². The molecule has 1 heterocycles. The van der Waals surface area contributed by atoms with E-state index in [-0.39, 0.29) is 30.5 Å². The molecule has 0 aliphatic carbocycles. The Kier molecular flexibility index (Phi) is 9.37. The van der Waals surface area contributed by atoms with Crippen LogP contribution >= 0.6 is 39.9 Å². The number of halogens is 2. The van der Waals surface area contributed by atoms with E-state index in [4.69, 9.17) is 5.73 Å². The van der Waals surface area contributed by atoms with Crippen molar-refractivity contribution >= 4 is 45.9 Å². The molecule has 2 aromatic rings. The second-order valence-corrected chi connectivity index (χ2v) is 6.51. The molecule has 1 aromatic carbocycles. The molecule has 25 heavy (non-hydrogen) atoms. The molecule has 7 heteroatoms. The van der Waals surface area contributed by atoms with Gasteiger partial charge in [0.25, 0.3) is 0 Å². The zero-order valence-electron chi connectivity index (χ0n) is 14.2. The van der Waals surface area contributed by atoms with Gasteiger partial charge < -0.3 is 16.2 Å². The third-order valence-electron chi connectivity index (χ3n) is 3.89. The lowest BCUT2D eigenvalue weighted by Gasteiger charge is -2.25. The molecule has 0 saturated carbocycles. The standard InChI is InChI=1S/C18H23BrN4O.HI/c1-2-18(24,14-6-8-15(19)9-7-14)13-23-17(20)22-12-10-16-5-3-4-11-21-16;/h3-9,11,24H,2,10,12-13H2,1H3,(H3,20,22,23);1H. The van der Waals surface area contributed by atoms with Crippen LogP contribution in [0.4, 0.5) is 0 Å². The number of rotatable bonds is 7. The lowest BCUT2D eigenvalue weighted by molar-refractivity contribution is 0.0423. The van der Waals surface area contributed by atoms with Crippen molar-refractivity contribution in [2.75, 3.05) is 13.1 Å². The summed E-state index contributed by atoms with van der Waals surface area (Å²) in [5.41, 5.74) is 6.71. The van der Waals surface area contributed by atoms with Crippen LogP contribution in [0.1, 0.15) is 24.6 Å². The predicted octanol–water partition coefficient (Wildman–Crippen LogP) is 3.21. The first-order chi connectivity index (χ1) is 11.5. The van der Waals surface area contributed by atoms with Crippen LogP contribution in [-0.4, -0.2) is 29.1 Å². The number of hydrogen-bond donors (Lipinski definition) is 3. The third-order valence-corrected chi connectivity index (χ3v) is 4.42. The molecule has 1 atom stereocenters. The lowest BCUT2D eigenvalue weighted by Crippen LogP contribution is -2.36. The molecule has 0 fully saturated rings. The number of nitrogens with zero attached hydrogens (tertiary/aromatic N) is 2. The van der Waals surface area contributed by atoms with E-state index >= 15 is 0 Å². The summed E-state index contributed by atoms with van der Waals surface area (Å²) in [6, 6.07) is 13.4. The molecule has 0 aliphatic rings. The second-order valence-electron chi connectivity index (χ2n) is 5.59. The number of aromatic nitrogens is 1. The van der Waals surface area contributed by atoms with E-state index in [1.165, 1.54) is 0 Å². The zero-order chi connectivity index (χ0) is 17.4. The quantitative estimate of drug-likeness (QED) is 0.298. The lowest BCUT2D eigenvalue weighted by atomic mass is 9.91. The van der Waals surface area contributed by atoms with Crippen LogP contribution in [0, 0.1) is 0 Å². The zero-order valence-corrected chi connectivity index (χ0v) is 18.1. The number of nitrogens with two attached hydrogens (primary N) is 1. The minimum atomic E-state index is -1.02. The summed E-state index contributed by atoms with van der Waals surface area (Å²) in [5.74, 6) is 0.329. The van der Waals surface area contributed by atoms with Crippen LogP contribution in [0.25, 0.3) is 0 Å². The Labute approximate surface area is 174 Å². The highest BCUT2D eigenvalue weighted by Crippen LogP contribution is 2.26. The summed E-state index contributed by atoms with van der Waals surface area (Å²) < 4.78 is 0.976. The highest BCUT2D eigenvalue weighted by Gasteiger charge is 2.26. The summed E-state index contributed by atoms with van der Waals surface area (Å²) in [4.78, 5) is 8.55. The number of aliphatic hydroxyl groups is 1. The first kappa shape index (κ1) is 21.9. The molecular weight excluding hydrogens is 495 g/mol. The Balaban J connectivity index is 0.00000312. The minimum absolute atomic E-state index is 0. The fourth-order valence-corrected chi connectivity index (χ4v) is 2.57. The van der Waals surface area contributed by atoms with Gasteiger partial charge >= 0.3 is 0 Å². The van der Waals surface area contributed by atoms with Crippen LogP contribution in [0.5, 0.6) is 0 Å². The Bertz CT molecular complexity index is 667. The summed E-state index contributed by atoms with van der Waals surface area (Å²) in [6.07, 6.45) is 3.09. The van der Waals surface area contributed by atoms with Gasteiger partial charge in [0.2, 0.25) is 0 Å². The monoisotopic (exact) mass is 518 g/mol. The first-order valence-corrected chi connectivity index (χ1v) is 8.75. The molecule has 0 spiro atoms. The molecular formula is C18H24BrIN4O. The Hall–Kier alpha value is -1.19. The molecule has 2 rings (SSSR count). The number of aliphatic imine (C=N–C) groups is 1. The van der Waals surface area contributed by atoms with E-state index in [0.717, 1.165) is 22.2 Å². The molecule has 0 bridgehead atoms. The maximum atomic E-state index is 10.8. The van der Waals surface area contributed by atoms with Gasteiger partial charge in [0.15, 0.2) is 5.96 Å². The van der Waals surface area contributed by atoms with E-state index in [2.05, 4.69) is 31.2 Å². The molecule has 5 nitrogen and oxygen atoms in total. The molecule has 1 unspecified atom stereocenters. The van der Waals surface area contributed by atoms with E-state index in [0.29, 0.717) is 18.9 Å². The maximum Gasteiger partial charge on any atom is 0.188 e. The van der Waals surface area contributed by atoms with Crippen LogP contribution in [-0.2, 0) is 12.0 Å². The Morgan fingerprint density at radius 3 is 2.60 bits per heavy atom. The van der Waals surface area contributed by atoms with Crippen LogP contribution in [0.2, 0.25) is 0 Å². The first-order valence-electron chi connectivity index (χ1n) is 7.95. The van der Waals surface area contributed by atoms with Gasteiger partial charge in [0.05, 0.1) is 6.54 Å². The largest absolute Gasteiger partial charge is 0.383 e. The van der Waals surface area contributed by atoms with Crippen LogP contribution in [0.3, 0.4) is 0 Å². The van der Waals surface area contributed by atoms with Crippen LogP contribution < -0.4 is 11.1 Å². The Morgan fingerprint density at radius 1 is 1.28 bits per heavy atom. The highest BCUT2D eigenvalue weighted by atomic mass is 127. The molecule has 136 valence electrons. The fourth-order valence-electron chi connectivity index (χ4n) is 2.30. The summed E-state index contributed by atoms with van der Waals surface area (Å²) >= 11 is 3.40. The van der Waals surface area contributed by atoms with Gasteiger partial charge in [-0.1, -0.05) is 41.1 Å². The normalized spacial score (nSPS) is 13.6. The number of nitrogens with one attached hydrogen (secondary N) is 1. The van der Waals surface area contributed by atoms with Gasteiger partial charge in [-0.15, -0.1) is 24.0 Å². The van der Waals surface area contributed by atoms with E-state index in [9.17, 15) is 5.11 Å². The SMILES string of the molecule is CCC(O)(CN=C(N)NCCc1ccccn1)c1ccc(Br)cc1.I. The van der Waals surface area contributed by atoms with Gasteiger partial charge in [-0.25, -0.2) is 0 Å². The second kappa shape index (κ2) is 10.7. The maximum absolute atomic E-state index is 10.8. The average molecular weight is 519 g/mol. The smallest absolute Gasteiger partial charge is 0.188 e. The van der Waals surface area contributed by atoms with Crippen molar-refractivity contribution in [1.29, 1.82) is 0 Å². The number of pyridine rings is 1. The van der Waals surface area contributed by atoms with Crippen molar-refractivity contribution in [3.63, 3.8) is 0 Å². The summed E-state index contributed by atoms with van der Waals surface area (Å²) in [6.45, 7) is 2.80. The van der Waals surface area contributed by atoms with E-state index < -0.39 is 5.60 Å². The fraction of sp³-hybridized carbons (Fsp3) is 0.333. The topological polar surface area (TPSA) is 83.5 Å².